The number of sulfonamides is 1. The fourth-order valence-electron chi connectivity index (χ4n) is 3.28. The molecular formula is C16H26N2O3S. The molecule has 6 heteroatoms. The number of hydrogen-bond acceptors (Lipinski definition) is 4. The lowest BCUT2D eigenvalue weighted by Crippen LogP contribution is -2.59. The van der Waals surface area contributed by atoms with Crippen molar-refractivity contribution in [1.82, 2.24) is 4.72 Å². The van der Waals surface area contributed by atoms with E-state index in [1.165, 1.54) is 0 Å². The molecule has 124 valence electrons. The van der Waals surface area contributed by atoms with Gasteiger partial charge in [0.05, 0.1) is 12.0 Å². The van der Waals surface area contributed by atoms with E-state index in [4.69, 9.17) is 10.5 Å². The normalized spacial score (nSPS) is 25.9. The van der Waals surface area contributed by atoms with Gasteiger partial charge in [0.2, 0.25) is 10.0 Å². The molecule has 0 saturated heterocycles. The van der Waals surface area contributed by atoms with Crippen molar-refractivity contribution in [2.45, 2.75) is 50.0 Å². The van der Waals surface area contributed by atoms with E-state index in [0.29, 0.717) is 22.8 Å². The van der Waals surface area contributed by atoms with Gasteiger partial charge in [0.15, 0.2) is 0 Å². The van der Waals surface area contributed by atoms with Crippen LogP contribution in [-0.4, -0.2) is 27.6 Å². The molecule has 5 nitrogen and oxygen atoms in total. The topological polar surface area (TPSA) is 81.4 Å². The van der Waals surface area contributed by atoms with Crippen LogP contribution in [0.1, 0.15) is 38.2 Å². The summed E-state index contributed by atoms with van der Waals surface area (Å²) < 4.78 is 33.7. The second-order valence-electron chi connectivity index (χ2n) is 6.24. The lowest BCUT2D eigenvalue weighted by atomic mass is 9.74. The van der Waals surface area contributed by atoms with Crippen LogP contribution in [0.4, 0.5) is 0 Å². The van der Waals surface area contributed by atoms with Crippen LogP contribution < -0.4 is 15.2 Å². The average Bonchev–Trinajstić information content (AvgIpc) is 2.49. The van der Waals surface area contributed by atoms with Crippen molar-refractivity contribution in [2.75, 3.05) is 13.7 Å². The quantitative estimate of drug-likeness (QED) is 0.869. The number of ether oxygens (including phenoxy) is 1. The average molecular weight is 326 g/mol. The van der Waals surface area contributed by atoms with Crippen molar-refractivity contribution in [3.63, 3.8) is 0 Å². The first-order valence-corrected chi connectivity index (χ1v) is 9.21. The predicted octanol–water partition coefficient (Wildman–Crippen LogP) is 2.19. The van der Waals surface area contributed by atoms with E-state index >= 15 is 0 Å². The number of rotatable bonds is 5. The molecule has 1 aromatic carbocycles. The van der Waals surface area contributed by atoms with Gasteiger partial charge in [-0.3, -0.25) is 0 Å². The Kier molecular flexibility index (Phi) is 5.14. The van der Waals surface area contributed by atoms with Gasteiger partial charge in [-0.25, -0.2) is 13.1 Å². The van der Waals surface area contributed by atoms with Gasteiger partial charge in [0, 0.05) is 12.1 Å². The molecule has 2 rings (SSSR count). The minimum Gasteiger partial charge on any atom is -0.497 e. The predicted molar refractivity (Wildman–Crippen MR) is 87.5 cm³/mol. The molecular weight excluding hydrogens is 300 g/mol. The highest BCUT2D eigenvalue weighted by Gasteiger charge is 2.40. The van der Waals surface area contributed by atoms with Crippen LogP contribution in [-0.2, 0) is 10.0 Å². The van der Waals surface area contributed by atoms with Crippen molar-refractivity contribution in [3.05, 3.63) is 23.8 Å². The minimum atomic E-state index is -3.60. The zero-order chi connectivity index (χ0) is 16.4. The van der Waals surface area contributed by atoms with E-state index in [0.717, 1.165) is 25.7 Å². The van der Waals surface area contributed by atoms with Crippen LogP contribution in [0, 0.1) is 12.8 Å². The van der Waals surface area contributed by atoms with Gasteiger partial charge in [-0.1, -0.05) is 19.8 Å². The van der Waals surface area contributed by atoms with Gasteiger partial charge in [0.1, 0.15) is 5.75 Å². The minimum absolute atomic E-state index is 0.236. The summed E-state index contributed by atoms with van der Waals surface area (Å²) in [5.74, 6) is 0.885. The molecule has 2 unspecified atom stereocenters. The van der Waals surface area contributed by atoms with Crippen molar-refractivity contribution in [2.24, 2.45) is 11.7 Å². The molecule has 1 saturated carbocycles. The highest BCUT2D eigenvalue weighted by atomic mass is 32.2. The number of benzene rings is 1. The molecule has 1 fully saturated rings. The molecule has 0 radical (unpaired) electrons. The third kappa shape index (κ3) is 3.29. The summed E-state index contributed by atoms with van der Waals surface area (Å²) in [4.78, 5) is 0.291. The standard InChI is InChI=1S/C16H26N2O3S/c1-12-10-14(21-3)7-8-15(12)22(19,20)18-16(11-17)9-5-4-6-13(16)2/h7-8,10,13,18H,4-6,9,11,17H2,1-3H3. The van der Waals surface area contributed by atoms with E-state index in [-0.39, 0.29) is 5.92 Å². The molecule has 3 N–H and O–H groups in total. The van der Waals surface area contributed by atoms with Gasteiger partial charge < -0.3 is 10.5 Å². The van der Waals surface area contributed by atoms with Gasteiger partial charge >= 0.3 is 0 Å². The van der Waals surface area contributed by atoms with E-state index < -0.39 is 15.6 Å². The van der Waals surface area contributed by atoms with E-state index in [9.17, 15) is 8.42 Å². The SMILES string of the molecule is COc1ccc(S(=O)(=O)NC2(CN)CCCCC2C)c(C)c1. The Morgan fingerprint density at radius 1 is 1.41 bits per heavy atom. The smallest absolute Gasteiger partial charge is 0.241 e. The summed E-state index contributed by atoms with van der Waals surface area (Å²) in [5.41, 5.74) is 6.08. The fraction of sp³-hybridized carbons (Fsp3) is 0.625. The molecule has 22 heavy (non-hydrogen) atoms. The molecule has 0 spiro atoms. The molecule has 0 amide bonds. The Morgan fingerprint density at radius 3 is 2.68 bits per heavy atom. The maximum absolute atomic E-state index is 12.8. The number of nitrogens with one attached hydrogen (secondary N) is 1. The maximum atomic E-state index is 12.8. The van der Waals surface area contributed by atoms with Crippen molar-refractivity contribution < 1.29 is 13.2 Å². The Bertz CT molecular complexity index is 630. The van der Waals surface area contributed by atoms with Gasteiger partial charge in [0.25, 0.3) is 0 Å². The Hall–Kier alpha value is -1.11. The maximum Gasteiger partial charge on any atom is 0.241 e. The third-order valence-electron chi connectivity index (χ3n) is 4.83. The molecule has 0 heterocycles. The van der Waals surface area contributed by atoms with Crippen molar-refractivity contribution in [3.8, 4) is 5.75 Å². The van der Waals surface area contributed by atoms with Gasteiger partial charge in [-0.2, -0.15) is 0 Å². The first-order valence-electron chi connectivity index (χ1n) is 7.73. The number of methoxy groups -OCH3 is 1. The molecule has 1 aliphatic carbocycles. The zero-order valence-corrected chi connectivity index (χ0v) is 14.4. The highest BCUT2D eigenvalue weighted by molar-refractivity contribution is 7.89. The Morgan fingerprint density at radius 2 is 2.14 bits per heavy atom. The zero-order valence-electron chi connectivity index (χ0n) is 13.6. The summed E-state index contributed by atoms with van der Waals surface area (Å²) in [5, 5.41) is 0. The largest absolute Gasteiger partial charge is 0.497 e. The molecule has 1 aliphatic rings. The van der Waals surface area contributed by atoms with Crippen LogP contribution in [0.15, 0.2) is 23.1 Å². The summed E-state index contributed by atoms with van der Waals surface area (Å²) in [6.45, 7) is 4.18. The van der Waals surface area contributed by atoms with Crippen LogP contribution in [0.3, 0.4) is 0 Å². The summed E-state index contributed by atoms with van der Waals surface area (Å²) in [7, 11) is -2.04. The van der Waals surface area contributed by atoms with E-state index in [2.05, 4.69) is 11.6 Å². The van der Waals surface area contributed by atoms with Crippen LogP contribution >= 0.6 is 0 Å². The summed E-state index contributed by atoms with van der Waals surface area (Å²) in [6.07, 6.45) is 3.93. The van der Waals surface area contributed by atoms with Gasteiger partial charge in [-0.05, 0) is 49.4 Å². The van der Waals surface area contributed by atoms with E-state index in [1.54, 1.807) is 32.2 Å². The first-order chi connectivity index (χ1) is 10.3. The van der Waals surface area contributed by atoms with Crippen molar-refractivity contribution >= 4 is 10.0 Å². The summed E-state index contributed by atoms with van der Waals surface area (Å²) in [6, 6.07) is 4.99. The molecule has 1 aromatic rings. The van der Waals surface area contributed by atoms with Crippen LogP contribution in [0.2, 0.25) is 0 Å². The Balaban J connectivity index is 2.34. The van der Waals surface area contributed by atoms with E-state index in [1.807, 2.05) is 0 Å². The molecule has 0 bridgehead atoms. The highest BCUT2D eigenvalue weighted by Crippen LogP contribution is 2.34. The molecule has 2 atom stereocenters. The fourth-order valence-corrected chi connectivity index (χ4v) is 5.04. The second kappa shape index (κ2) is 6.56. The van der Waals surface area contributed by atoms with Crippen LogP contribution in [0.5, 0.6) is 5.75 Å². The number of hydrogen-bond donors (Lipinski definition) is 2. The molecule has 0 aliphatic heterocycles. The molecule has 0 aromatic heterocycles. The lowest BCUT2D eigenvalue weighted by molar-refractivity contribution is 0.191. The van der Waals surface area contributed by atoms with Crippen molar-refractivity contribution in [1.29, 1.82) is 0 Å². The number of aryl methyl sites for hydroxylation is 1. The number of nitrogens with two attached hydrogens (primary N) is 1. The lowest BCUT2D eigenvalue weighted by Gasteiger charge is -2.42. The first kappa shape index (κ1) is 17.2. The monoisotopic (exact) mass is 326 g/mol. The van der Waals surface area contributed by atoms with Gasteiger partial charge in [-0.15, -0.1) is 0 Å². The van der Waals surface area contributed by atoms with Crippen LogP contribution in [0.25, 0.3) is 0 Å². The summed E-state index contributed by atoms with van der Waals surface area (Å²) >= 11 is 0. The Labute approximate surface area is 133 Å². The second-order valence-corrected chi connectivity index (χ2v) is 7.89. The third-order valence-corrected chi connectivity index (χ3v) is 6.54.